The van der Waals surface area contributed by atoms with Crippen LogP contribution in [0.2, 0.25) is 0 Å². The van der Waals surface area contributed by atoms with Gasteiger partial charge in [0.05, 0.1) is 5.56 Å². The van der Waals surface area contributed by atoms with E-state index in [9.17, 15) is 9.59 Å². The molecule has 1 aliphatic rings. The predicted octanol–water partition coefficient (Wildman–Crippen LogP) is 4.99. The number of nitrogens with one attached hydrogen (secondary N) is 2. The number of ether oxygens (including phenoxy) is 1. The summed E-state index contributed by atoms with van der Waals surface area (Å²) in [6.45, 7) is 7.56. The van der Waals surface area contributed by atoms with Crippen molar-refractivity contribution in [3.05, 3.63) is 23.8 Å². The molecule has 6 nitrogen and oxygen atoms in total. The molecule has 1 aromatic carbocycles. The van der Waals surface area contributed by atoms with Gasteiger partial charge in [0.15, 0.2) is 0 Å². The van der Waals surface area contributed by atoms with Crippen molar-refractivity contribution >= 4 is 23.2 Å². The SMILES string of the molecule is CCCCCCCC(=O)Nc1ccc(N2CCC(C)CC2)c(C(=O)NCCCOC)c1. The van der Waals surface area contributed by atoms with Crippen molar-refractivity contribution < 1.29 is 14.3 Å². The summed E-state index contributed by atoms with van der Waals surface area (Å²) in [7, 11) is 1.66. The lowest BCUT2D eigenvalue weighted by atomic mass is 9.97. The molecule has 1 aromatic rings. The van der Waals surface area contributed by atoms with Crippen LogP contribution in [0.1, 0.15) is 82.0 Å². The molecule has 6 heteroatoms. The highest BCUT2D eigenvalue weighted by molar-refractivity contribution is 6.02. The van der Waals surface area contributed by atoms with Crippen LogP contribution in [0.4, 0.5) is 11.4 Å². The van der Waals surface area contributed by atoms with Gasteiger partial charge >= 0.3 is 0 Å². The van der Waals surface area contributed by atoms with Gasteiger partial charge in [-0.1, -0.05) is 39.5 Å². The first kappa shape index (κ1) is 25.2. The largest absolute Gasteiger partial charge is 0.385 e. The Bertz CT molecular complexity index is 685. The summed E-state index contributed by atoms with van der Waals surface area (Å²) < 4.78 is 5.07. The minimum Gasteiger partial charge on any atom is -0.385 e. The van der Waals surface area contributed by atoms with E-state index < -0.39 is 0 Å². The van der Waals surface area contributed by atoms with Gasteiger partial charge in [-0.15, -0.1) is 0 Å². The van der Waals surface area contributed by atoms with E-state index in [1.807, 2.05) is 18.2 Å². The Morgan fingerprint density at radius 1 is 1.10 bits per heavy atom. The fourth-order valence-corrected chi connectivity index (χ4v) is 3.95. The standard InChI is InChI=1S/C25H41N3O3/c1-4-5-6-7-8-10-24(29)27-21-11-12-23(28-16-13-20(2)14-17-28)22(19-21)25(30)26-15-9-18-31-3/h11-12,19-20H,4-10,13-18H2,1-3H3,(H,26,30)(H,27,29). The molecule has 174 valence electrons. The quantitative estimate of drug-likeness (QED) is 0.432. The predicted molar refractivity (Wildman–Crippen MR) is 128 cm³/mol. The van der Waals surface area contributed by atoms with Gasteiger partial charge < -0.3 is 20.3 Å². The Balaban J connectivity index is 2.04. The average molecular weight is 432 g/mol. The molecule has 0 radical (unpaired) electrons. The van der Waals surface area contributed by atoms with E-state index in [4.69, 9.17) is 4.74 Å². The van der Waals surface area contributed by atoms with E-state index in [-0.39, 0.29) is 11.8 Å². The number of carbonyl (C=O) groups excluding carboxylic acids is 2. The monoisotopic (exact) mass is 431 g/mol. The number of hydrogen-bond acceptors (Lipinski definition) is 4. The Labute approximate surface area is 188 Å². The topological polar surface area (TPSA) is 70.7 Å². The number of nitrogens with zero attached hydrogens (tertiary/aromatic N) is 1. The van der Waals surface area contributed by atoms with E-state index in [0.717, 1.165) is 56.8 Å². The van der Waals surface area contributed by atoms with Crippen molar-refractivity contribution in [1.29, 1.82) is 0 Å². The fourth-order valence-electron chi connectivity index (χ4n) is 3.95. The number of anilines is 2. The molecular weight excluding hydrogens is 390 g/mol. The Kier molecular flexibility index (Phi) is 11.4. The first-order valence-electron chi connectivity index (χ1n) is 12.0. The maximum Gasteiger partial charge on any atom is 0.253 e. The molecular formula is C25H41N3O3. The maximum absolute atomic E-state index is 13.0. The zero-order chi connectivity index (χ0) is 22.5. The van der Waals surface area contributed by atoms with E-state index >= 15 is 0 Å². The van der Waals surface area contributed by atoms with Crippen LogP contribution in [-0.2, 0) is 9.53 Å². The summed E-state index contributed by atoms with van der Waals surface area (Å²) in [5.41, 5.74) is 2.27. The molecule has 31 heavy (non-hydrogen) atoms. The number of hydrogen-bond donors (Lipinski definition) is 2. The maximum atomic E-state index is 13.0. The smallest absolute Gasteiger partial charge is 0.253 e. The van der Waals surface area contributed by atoms with Gasteiger partial charge in [-0.2, -0.15) is 0 Å². The first-order valence-corrected chi connectivity index (χ1v) is 12.0. The zero-order valence-electron chi connectivity index (χ0n) is 19.7. The van der Waals surface area contributed by atoms with Gasteiger partial charge in [0.25, 0.3) is 5.91 Å². The van der Waals surface area contributed by atoms with Crippen LogP contribution in [0.25, 0.3) is 0 Å². The Morgan fingerprint density at radius 2 is 1.84 bits per heavy atom. The first-order chi connectivity index (χ1) is 15.0. The summed E-state index contributed by atoms with van der Waals surface area (Å²) in [6, 6.07) is 5.73. The number of methoxy groups -OCH3 is 1. The molecule has 2 amide bonds. The highest BCUT2D eigenvalue weighted by Gasteiger charge is 2.21. The molecule has 1 saturated heterocycles. The lowest BCUT2D eigenvalue weighted by Crippen LogP contribution is -2.35. The molecule has 1 fully saturated rings. The van der Waals surface area contributed by atoms with Crippen molar-refractivity contribution in [2.75, 3.05) is 43.6 Å². The molecule has 1 aliphatic heterocycles. The molecule has 0 bridgehead atoms. The van der Waals surface area contributed by atoms with Crippen molar-refractivity contribution in [1.82, 2.24) is 5.32 Å². The van der Waals surface area contributed by atoms with Crippen LogP contribution < -0.4 is 15.5 Å². The molecule has 2 N–H and O–H groups in total. The third-order valence-electron chi connectivity index (χ3n) is 5.97. The average Bonchev–Trinajstić information content (AvgIpc) is 2.77. The minimum atomic E-state index is -0.0969. The normalized spacial score (nSPS) is 14.5. The van der Waals surface area contributed by atoms with Crippen molar-refractivity contribution in [2.24, 2.45) is 5.92 Å². The Hall–Kier alpha value is -2.08. The molecule has 0 aromatic heterocycles. The minimum absolute atomic E-state index is 0.0162. The van der Waals surface area contributed by atoms with E-state index in [2.05, 4.69) is 29.4 Å². The summed E-state index contributed by atoms with van der Waals surface area (Å²) >= 11 is 0. The second kappa shape index (κ2) is 14.1. The van der Waals surface area contributed by atoms with Crippen LogP contribution in [0.3, 0.4) is 0 Å². The van der Waals surface area contributed by atoms with Crippen LogP contribution in [0, 0.1) is 5.92 Å². The van der Waals surface area contributed by atoms with Gasteiger partial charge in [-0.3, -0.25) is 9.59 Å². The van der Waals surface area contributed by atoms with Crippen LogP contribution >= 0.6 is 0 Å². The molecule has 0 saturated carbocycles. The number of unbranched alkanes of at least 4 members (excludes halogenated alkanes) is 4. The van der Waals surface area contributed by atoms with Crippen LogP contribution in [0.15, 0.2) is 18.2 Å². The number of benzene rings is 1. The molecule has 0 spiro atoms. The lowest BCUT2D eigenvalue weighted by molar-refractivity contribution is -0.116. The van der Waals surface area contributed by atoms with E-state index in [0.29, 0.717) is 30.8 Å². The van der Waals surface area contributed by atoms with Crippen molar-refractivity contribution in [3.63, 3.8) is 0 Å². The van der Waals surface area contributed by atoms with Gasteiger partial charge in [0, 0.05) is 51.1 Å². The molecule has 0 atom stereocenters. The highest BCUT2D eigenvalue weighted by atomic mass is 16.5. The number of carbonyl (C=O) groups is 2. The summed E-state index contributed by atoms with van der Waals surface area (Å²) in [5, 5.41) is 5.98. The van der Waals surface area contributed by atoms with Gasteiger partial charge in [-0.05, 0) is 49.8 Å². The lowest BCUT2D eigenvalue weighted by Gasteiger charge is -2.33. The second-order valence-electron chi connectivity index (χ2n) is 8.72. The molecule has 0 aliphatic carbocycles. The fraction of sp³-hybridized carbons (Fsp3) is 0.680. The van der Waals surface area contributed by atoms with Crippen molar-refractivity contribution in [2.45, 2.75) is 71.6 Å². The van der Waals surface area contributed by atoms with Gasteiger partial charge in [0.2, 0.25) is 5.91 Å². The van der Waals surface area contributed by atoms with Crippen LogP contribution in [-0.4, -0.2) is 45.2 Å². The Morgan fingerprint density at radius 3 is 2.55 bits per heavy atom. The molecule has 2 rings (SSSR count). The number of rotatable bonds is 13. The molecule has 1 heterocycles. The molecule has 0 unspecified atom stereocenters. The third kappa shape index (κ3) is 8.90. The summed E-state index contributed by atoms with van der Waals surface area (Å²) in [4.78, 5) is 27.6. The third-order valence-corrected chi connectivity index (χ3v) is 5.97. The highest BCUT2D eigenvalue weighted by Crippen LogP contribution is 2.29. The van der Waals surface area contributed by atoms with E-state index in [1.54, 1.807) is 7.11 Å². The number of piperidine rings is 1. The van der Waals surface area contributed by atoms with E-state index in [1.165, 1.54) is 19.3 Å². The second-order valence-corrected chi connectivity index (χ2v) is 8.72. The van der Waals surface area contributed by atoms with Crippen molar-refractivity contribution in [3.8, 4) is 0 Å². The van der Waals surface area contributed by atoms with Gasteiger partial charge in [-0.25, -0.2) is 0 Å². The van der Waals surface area contributed by atoms with Gasteiger partial charge in [0.1, 0.15) is 0 Å². The van der Waals surface area contributed by atoms with Crippen LogP contribution in [0.5, 0.6) is 0 Å². The zero-order valence-corrected chi connectivity index (χ0v) is 19.7. The summed E-state index contributed by atoms with van der Waals surface area (Å²) in [6.07, 6.45) is 9.15. The number of amides is 2. The summed E-state index contributed by atoms with van der Waals surface area (Å²) in [5.74, 6) is 0.640.